The standard InChI is InChI=1S/C12H16BrNS/c1-9-2-3-11(13)12(6-9)14-7-10-4-5-15-8-10/h2-3,6,10,14H,4-5,7-8H2,1H3. The predicted molar refractivity (Wildman–Crippen MR) is 72.8 cm³/mol. The number of hydrogen-bond acceptors (Lipinski definition) is 2. The molecule has 1 N–H and O–H groups in total. The molecule has 2 rings (SSSR count). The Labute approximate surface area is 104 Å². The van der Waals surface area contributed by atoms with Gasteiger partial charge in [-0.3, -0.25) is 0 Å². The summed E-state index contributed by atoms with van der Waals surface area (Å²) in [6, 6.07) is 6.44. The molecular weight excluding hydrogens is 270 g/mol. The van der Waals surface area contributed by atoms with Gasteiger partial charge < -0.3 is 5.32 Å². The molecule has 0 saturated carbocycles. The van der Waals surface area contributed by atoms with Crippen LogP contribution in [0.5, 0.6) is 0 Å². The van der Waals surface area contributed by atoms with Crippen LogP contribution in [-0.2, 0) is 0 Å². The van der Waals surface area contributed by atoms with Crippen molar-refractivity contribution in [2.75, 3.05) is 23.4 Å². The van der Waals surface area contributed by atoms with Gasteiger partial charge in [-0.05, 0) is 64.4 Å². The Bertz CT molecular complexity index is 334. The smallest absolute Gasteiger partial charge is 0.0487 e. The van der Waals surface area contributed by atoms with E-state index in [1.165, 1.54) is 33.7 Å². The molecule has 0 bridgehead atoms. The van der Waals surface area contributed by atoms with Crippen molar-refractivity contribution in [2.24, 2.45) is 5.92 Å². The molecular formula is C12H16BrNS. The lowest BCUT2D eigenvalue weighted by Crippen LogP contribution is -2.13. The van der Waals surface area contributed by atoms with Gasteiger partial charge in [-0.1, -0.05) is 6.07 Å². The molecule has 1 aliphatic heterocycles. The summed E-state index contributed by atoms with van der Waals surface area (Å²) in [5, 5.41) is 3.54. The second-order valence-corrected chi connectivity index (χ2v) is 6.10. The Morgan fingerprint density at radius 1 is 1.53 bits per heavy atom. The summed E-state index contributed by atoms with van der Waals surface area (Å²) >= 11 is 5.65. The third-order valence-corrected chi connectivity index (χ3v) is 4.65. The summed E-state index contributed by atoms with van der Waals surface area (Å²) in [5.41, 5.74) is 2.54. The van der Waals surface area contributed by atoms with Crippen LogP contribution in [0.25, 0.3) is 0 Å². The summed E-state index contributed by atoms with van der Waals surface area (Å²) in [6.07, 6.45) is 1.36. The first kappa shape index (κ1) is 11.3. The quantitative estimate of drug-likeness (QED) is 0.903. The Morgan fingerprint density at radius 3 is 3.13 bits per heavy atom. The van der Waals surface area contributed by atoms with E-state index in [1.54, 1.807) is 0 Å². The van der Waals surface area contributed by atoms with Crippen LogP contribution >= 0.6 is 27.7 Å². The predicted octanol–water partition coefficient (Wildman–Crippen LogP) is 3.92. The van der Waals surface area contributed by atoms with Gasteiger partial charge in [0, 0.05) is 16.7 Å². The van der Waals surface area contributed by atoms with E-state index < -0.39 is 0 Å². The van der Waals surface area contributed by atoms with Gasteiger partial charge in [0.2, 0.25) is 0 Å². The van der Waals surface area contributed by atoms with E-state index in [9.17, 15) is 0 Å². The molecule has 3 heteroatoms. The van der Waals surface area contributed by atoms with Gasteiger partial charge in [-0.2, -0.15) is 11.8 Å². The molecule has 1 aromatic rings. The molecule has 82 valence electrons. The van der Waals surface area contributed by atoms with Crippen molar-refractivity contribution in [1.29, 1.82) is 0 Å². The minimum Gasteiger partial charge on any atom is -0.384 e. The molecule has 0 aromatic heterocycles. The highest BCUT2D eigenvalue weighted by Gasteiger charge is 2.15. The molecule has 0 spiro atoms. The largest absolute Gasteiger partial charge is 0.384 e. The Morgan fingerprint density at radius 2 is 2.40 bits per heavy atom. The number of halogens is 1. The Kier molecular flexibility index (Phi) is 3.98. The molecule has 1 fully saturated rings. The van der Waals surface area contributed by atoms with Crippen molar-refractivity contribution >= 4 is 33.4 Å². The number of aryl methyl sites for hydroxylation is 1. The topological polar surface area (TPSA) is 12.0 Å². The first-order valence-corrected chi connectivity index (χ1v) is 7.28. The van der Waals surface area contributed by atoms with Crippen LogP contribution in [0.2, 0.25) is 0 Å². The number of anilines is 1. The maximum absolute atomic E-state index is 3.57. The summed E-state index contributed by atoms with van der Waals surface area (Å²) in [6.45, 7) is 3.23. The number of thioether (sulfide) groups is 1. The van der Waals surface area contributed by atoms with E-state index in [1.807, 2.05) is 0 Å². The lowest BCUT2D eigenvalue weighted by atomic mass is 10.1. The fourth-order valence-electron chi connectivity index (χ4n) is 1.77. The van der Waals surface area contributed by atoms with Gasteiger partial charge in [0.1, 0.15) is 0 Å². The summed E-state index contributed by atoms with van der Waals surface area (Å²) in [5.74, 6) is 3.50. The van der Waals surface area contributed by atoms with Gasteiger partial charge in [0.05, 0.1) is 0 Å². The van der Waals surface area contributed by atoms with E-state index in [-0.39, 0.29) is 0 Å². The average Bonchev–Trinajstić information content (AvgIpc) is 2.72. The normalized spacial score (nSPS) is 20.5. The highest BCUT2D eigenvalue weighted by molar-refractivity contribution is 9.10. The number of hydrogen-bond donors (Lipinski definition) is 1. The van der Waals surface area contributed by atoms with Gasteiger partial charge in [0.15, 0.2) is 0 Å². The molecule has 1 heterocycles. The molecule has 1 aliphatic rings. The molecule has 0 amide bonds. The zero-order valence-corrected chi connectivity index (χ0v) is 11.3. The lowest BCUT2D eigenvalue weighted by molar-refractivity contribution is 0.631. The highest BCUT2D eigenvalue weighted by atomic mass is 79.9. The molecule has 1 unspecified atom stereocenters. The van der Waals surface area contributed by atoms with Gasteiger partial charge in [-0.15, -0.1) is 0 Å². The first-order valence-electron chi connectivity index (χ1n) is 5.33. The minimum atomic E-state index is 0.849. The third-order valence-electron chi connectivity index (χ3n) is 2.73. The molecule has 0 radical (unpaired) electrons. The van der Waals surface area contributed by atoms with Crippen LogP contribution in [0.4, 0.5) is 5.69 Å². The third kappa shape index (κ3) is 3.15. The van der Waals surface area contributed by atoms with Gasteiger partial charge >= 0.3 is 0 Å². The maximum Gasteiger partial charge on any atom is 0.0487 e. The van der Waals surface area contributed by atoms with Crippen LogP contribution < -0.4 is 5.32 Å². The van der Waals surface area contributed by atoms with E-state index in [0.29, 0.717) is 0 Å². The van der Waals surface area contributed by atoms with Gasteiger partial charge in [0.25, 0.3) is 0 Å². The zero-order valence-electron chi connectivity index (χ0n) is 8.92. The fraction of sp³-hybridized carbons (Fsp3) is 0.500. The van der Waals surface area contributed by atoms with Crippen molar-refractivity contribution in [1.82, 2.24) is 0 Å². The van der Waals surface area contributed by atoms with E-state index in [4.69, 9.17) is 0 Å². The second-order valence-electron chi connectivity index (χ2n) is 4.09. The number of nitrogens with one attached hydrogen (secondary N) is 1. The molecule has 15 heavy (non-hydrogen) atoms. The van der Waals surface area contributed by atoms with Gasteiger partial charge in [-0.25, -0.2) is 0 Å². The zero-order chi connectivity index (χ0) is 10.7. The lowest BCUT2D eigenvalue weighted by Gasteiger charge is -2.13. The van der Waals surface area contributed by atoms with Crippen LogP contribution in [0.15, 0.2) is 22.7 Å². The minimum absolute atomic E-state index is 0.849. The van der Waals surface area contributed by atoms with E-state index in [2.05, 4.69) is 58.1 Å². The molecule has 1 atom stereocenters. The first-order chi connectivity index (χ1) is 7.25. The highest BCUT2D eigenvalue weighted by Crippen LogP contribution is 2.26. The van der Waals surface area contributed by atoms with E-state index >= 15 is 0 Å². The van der Waals surface area contributed by atoms with E-state index in [0.717, 1.165) is 12.5 Å². The van der Waals surface area contributed by atoms with Crippen LogP contribution in [0.1, 0.15) is 12.0 Å². The van der Waals surface area contributed by atoms with Crippen LogP contribution in [0.3, 0.4) is 0 Å². The summed E-state index contributed by atoms with van der Waals surface area (Å²) in [4.78, 5) is 0. The van der Waals surface area contributed by atoms with Crippen LogP contribution in [0, 0.1) is 12.8 Å². The van der Waals surface area contributed by atoms with Crippen molar-refractivity contribution in [3.05, 3.63) is 28.2 Å². The summed E-state index contributed by atoms with van der Waals surface area (Å²) in [7, 11) is 0. The van der Waals surface area contributed by atoms with Crippen molar-refractivity contribution in [2.45, 2.75) is 13.3 Å². The molecule has 1 nitrogen and oxygen atoms in total. The maximum atomic E-state index is 3.57. The monoisotopic (exact) mass is 285 g/mol. The molecule has 1 aromatic carbocycles. The van der Waals surface area contributed by atoms with Crippen molar-refractivity contribution in [3.8, 4) is 0 Å². The van der Waals surface area contributed by atoms with Crippen molar-refractivity contribution in [3.63, 3.8) is 0 Å². The molecule has 1 saturated heterocycles. The SMILES string of the molecule is Cc1ccc(Br)c(NCC2CCSC2)c1. The fourth-order valence-corrected chi connectivity index (χ4v) is 3.44. The number of rotatable bonds is 3. The number of benzene rings is 1. The molecule has 0 aliphatic carbocycles. The van der Waals surface area contributed by atoms with Crippen molar-refractivity contribution < 1.29 is 0 Å². The van der Waals surface area contributed by atoms with Crippen LogP contribution in [-0.4, -0.2) is 18.1 Å². The second kappa shape index (κ2) is 5.26. The average molecular weight is 286 g/mol. The Balaban J connectivity index is 1.94. The Hall–Kier alpha value is -0.150. The summed E-state index contributed by atoms with van der Waals surface area (Å²) < 4.78 is 1.17.